The van der Waals surface area contributed by atoms with E-state index in [-0.39, 0.29) is 18.2 Å². The quantitative estimate of drug-likeness (QED) is 0.709. The van der Waals surface area contributed by atoms with Gasteiger partial charge in [-0.2, -0.15) is 0 Å². The fourth-order valence-corrected chi connectivity index (χ4v) is 4.05. The number of methoxy groups -OCH3 is 1. The number of halogens is 1. The SMILES string of the molecule is COCC1=C(CNC(=O)c2cc(Br)cc3c2ccn3C(C)C)C(=O)CC(C)=C1. The summed E-state index contributed by atoms with van der Waals surface area (Å²) in [7, 11) is 1.60. The Morgan fingerprint density at radius 3 is 2.79 bits per heavy atom. The lowest BCUT2D eigenvalue weighted by molar-refractivity contribution is -0.115. The molecule has 0 aliphatic heterocycles. The Morgan fingerprint density at radius 1 is 1.36 bits per heavy atom. The third-order valence-electron chi connectivity index (χ3n) is 4.91. The molecule has 0 bridgehead atoms. The van der Waals surface area contributed by atoms with E-state index in [9.17, 15) is 9.59 Å². The summed E-state index contributed by atoms with van der Waals surface area (Å²) in [6.45, 7) is 6.69. The van der Waals surface area contributed by atoms with E-state index in [1.54, 1.807) is 7.11 Å². The maximum atomic E-state index is 12.9. The number of fused-ring (bicyclic) bond motifs is 1. The highest BCUT2D eigenvalue weighted by molar-refractivity contribution is 9.10. The summed E-state index contributed by atoms with van der Waals surface area (Å²) in [6.07, 6.45) is 4.36. The van der Waals surface area contributed by atoms with Gasteiger partial charge in [0, 0.05) is 53.3 Å². The normalized spacial score (nSPS) is 14.8. The van der Waals surface area contributed by atoms with E-state index in [0.717, 1.165) is 26.5 Å². The summed E-state index contributed by atoms with van der Waals surface area (Å²) in [4.78, 5) is 25.4. The van der Waals surface area contributed by atoms with Crippen LogP contribution in [0.25, 0.3) is 10.9 Å². The van der Waals surface area contributed by atoms with Gasteiger partial charge in [0.25, 0.3) is 5.91 Å². The Bertz CT molecular complexity index is 999. The van der Waals surface area contributed by atoms with Crippen molar-refractivity contribution in [3.8, 4) is 0 Å². The predicted molar refractivity (Wildman–Crippen MR) is 115 cm³/mol. The van der Waals surface area contributed by atoms with Gasteiger partial charge >= 0.3 is 0 Å². The van der Waals surface area contributed by atoms with Gasteiger partial charge < -0.3 is 14.6 Å². The van der Waals surface area contributed by atoms with Crippen molar-refractivity contribution in [2.45, 2.75) is 33.2 Å². The maximum Gasteiger partial charge on any atom is 0.252 e. The van der Waals surface area contributed by atoms with Crippen molar-refractivity contribution in [1.82, 2.24) is 9.88 Å². The fourth-order valence-electron chi connectivity index (χ4n) is 3.60. The lowest BCUT2D eigenvalue weighted by Gasteiger charge is -2.18. The molecular weight excluding hydrogens is 420 g/mol. The van der Waals surface area contributed by atoms with Crippen molar-refractivity contribution < 1.29 is 14.3 Å². The van der Waals surface area contributed by atoms with Gasteiger partial charge in [-0.15, -0.1) is 0 Å². The van der Waals surface area contributed by atoms with Crippen LogP contribution in [-0.4, -0.2) is 36.5 Å². The standard InChI is InChI=1S/C22H25BrN2O3/c1-13(2)25-6-5-17-18(9-16(23)10-20(17)25)22(27)24-11-19-15(12-28-4)7-14(3)8-21(19)26/h5-7,9-10,13H,8,11-12H2,1-4H3,(H,24,27). The van der Waals surface area contributed by atoms with Crippen molar-refractivity contribution in [1.29, 1.82) is 0 Å². The summed E-state index contributed by atoms with van der Waals surface area (Å²) >= 11 is 3.51. The topological polar surface area (TPSA) is 60.3 Å². The van der Waals surface area contributed by atoms with Gasteiger partial charge in [0.15, 0.2) is 5.78 Å². The van der Waals surface area contributed by atoms with Crippen LogP contribution in [0.1, 0.15) is 43.6 Å². The van der Waals surface area contributed by atoms with Crippen LogP contribution < -0.4 is 5.32 Å². The van der Waals surface area contributed by atoms with Crippen LogP contribution in [0.15, 0.2) is 51.7 Å². The highest BCUT2D eigenvalue weighted by Crippen LogP contribution is 2.28. The van der Waals surface area contributed by atoms with E-state index in [4.69, 9.17) is 4.74 Å². The number of nitrogens with zero attached hydrogens (tertiary/aromatic N) is 1. The first-order valence-electron chi connectivity index (χ1n) is 9.31. The Morgan fingerprint density at radius 2 is 2.11 bits per heavy atom. The first-order valence-corrected chi connectivity index (χ1v) is 10.1. The van der Waals surface area contributed by atoms with Gasteiger partial charge in [0.1, 0.15) is 0 Å². The molecule has 5 nitrogen and oxygen atoms in total. The molecule has 0 saturated heterocycles. The number of allylic oxidation sites excluding steroid dienone is 1. The third-order valence-corrected chi connectivity index (χ3v) is 5.37. The number of carbonyl (C=O) groups is 2. The third kappa shape index (κ3) is 4.13. The average Bonchev–Trinajstić information content (AvgIpc) is 3.04. The predicted octanol–water partition coefficient (Wildman–Crippen LogP) is 4.58. The molecular formula is C22H25BrN2O3. The molecule has 0 saturated carbocycles. The van der Waals surface area contributed by atoms with Gasteiger partial charge in [-0.1, -0.05) is 27.6 Å². The van der Waals surface area contributed by atoms with E-state index < -0.39 is 0 Å². The number of hydrogen-bond donors (Lipinski definition) is 1. The summed E-state index contributed by atoms with van der Waals surface area (Å²) in [5.74, 6) is -0.158. The Hall–Kier alpha value is -2.18. The van der Waals surface area contributed by atoms with Gasteiger partial charge in [-0.05, 0) is 44.5 Å². The zero-order valence-electron chi connectivity index (χ0n) is 16.6. The second-order valence-corrected chi connectivity index (χ2v) is 8.33. The largest absolute Gasteiger partial charge is 0.380 e. The van der Waals surface area contributed by atoms with Crippen LogP contribution in [0.2, 0.25) is 0 Å². The lowest BCUT2D eigenvalue weighted by atomic mass is 9.92. The van der Waals surface area contributed by atoms with Crippen molar-refractivity contribution in [2.75, 3.05) is 20.3 Å². The molecule has 1 aromatic carbocycles. The molecule has 1 aliphatic rings. The lowest BCUT2D eigenvalue weighted by Crippen LogP contribution is -2.30. The van der Waals surface area contributed by atoms with E-state index in [0.29, 0.717) is 30.2 Å². The van der Waals surface area contributed by atoms with Gasteiger partial charge in [0.05, 0.1) is 12.1 Å². The molecule has 3 rings (SSSR count). The minimum atomic E-state index is -0.198. The van der Waals surface area contributed by atoms with Gasteiger partial charge in [-0.25, -0.2) is 0 Å². The number of carbonyl (C=O) groups excluding carboxylic acids is 2. The monoisotopic (exact) mass is 444 g/mol. The molecule has 1 aromatic heterocycles. The Labute approximate surface area is 173 Å². The van der Waals surface area contributed by atoms with Crippen LogP contribution >= 0.6 is 15.9 Å². The number of Topliss-reactive ketones (excluding diaryl/α,β-unsaturated/α-hetero) is 1. The van der Waals surface area contributed by atoms with Gasteiger partial charge in [0.2, 0.25) is 0 Å². The van der Waals surface area contributed by atoms with Crippen LogP contribution in [0.3, 0.4) is 0 Å². The minimum Gasteiger partial charge on any atom is -0.380 e. The average molecular weight is 445 g/mol. The minimum absolute atomic E-state index is 0.0395. The molecule has 1 heterocycles. The van der Waals surface area contributed by atoms with Crippen molar-refractivity contribution >= 4 is 38.5 Å². The Balaban J connectivity index is 1.89. The first-order chi connectivity index (χ1) is 13.3. The molecule has 2 aromatic rings. The summed E-state index contributed by atoms with van der Waals surface area (Å²) < 4.78 is 8.20. The molecule has 1 aliphatic carbocycles. The summed E-state index contributed by atoms with van der Waals surface area (Å²) in [6, 6.07) is 6.09. The molecule has 6 heteroatoms. The van der Waals surface area contributed by atoms with Crippen molar-refractivity contribution in [3.63, 3.8) is 0 Å². The van der Waals surface area contributed by atoms with E-state index in [1.807, 2.05) is 37.4 Å². The molecule has 0 spiro atoms. The number of ketones is 1. The molecule has 28 heavy (non-hydrogen) atoms. The van der Waals surface area contributed by atoms with Crippen molar-refractivity contribution in [3.05, 3.63) is 57.2 Å². The number of nitrogens with one attached hydrogen (secondary N) is 1. The van der Waals surface area contributed by atoms with E-state index in [2.05, 4.69) is 39.7 Å². The highest BCUT2D eigenvalue weighted by Gasteiger charge is 2.21. The van der Waals surface area contributed by atoms with Crippen molar-refractivity contribution in [2.24, 2.45) is 0 Å². The van der Waals surface area contributed by atoms with Crippen LogP contribution in [-0.2, 0) is 9.53 Å². The zero-order valence-corrected chi connectivity index (χ0v) is 18.2. The molecule has 0 radical (unpaired) electrons. The second kappa shape index (κ2) is 8.45. The number of amides is 1. The van der Waals surface area contributed by atoms with Gasteiger partial charge in [-0.3, -0.25) is 9.59 Å². The number of ether oxygens (including phenoxy) is 1. The van der Waals surface area contributed by atoms with Crippen LogP contribution in [0.4, 0.5) is 0 Å². The number of benzene rings is 1. The zero-order chi connectivity index (χ0) is 20.4. The molecule has 1 N–H and O–H groups in total. The molecule has 0 unspecified atom stereocenters. The highest BCUT2D eigenvalue weighted by atomic mass is 79.9. The smallest absolute Gasteiger partial charge is 0.252 e. The van der Waals surface area contributed by atoms with E-state index >= 15 is 0 Å². The number of rotatable bonds is 6. The van der Waals surface area contributed by atoms with E-state index in [1.165, 1.54) is 0 Å². The van der Waals surface area contributed by atoms with Crippen LogP contribution in [0, 0.1) is 0 Å². The number of hydrogen-bond acceptors (Lipinski definition) is 3. The Kier molecular flexibility index (Phi) is 6.20. The maximum absolute atomic E-state index is 12.9. The molecule has 1 amide bonds. The molecule has 0 atom stereocenters. The summed E-state index contributed by atoms with van der Waals surface area (Å²) in [5.41, 5.74) is 4.05. The summed E-state index contributed by atoms with van der Waals surface area (Å²) in [5, 5.41) is 3.82. The second-order valence-electron chi connectivity index (χ2n) is 7.41. The fraction of sp³-hybridized carbons (Fsp3) is 0.364. The first kappa shape index (κ1) is 20.6. The molecule has 148 valence electrons. The molecule has 0 fully saturated rings. The number of aromatic nitrogens is 1. The van der Waals surface area contributed by atoms with Crippen LogP contribution in [0.5, 0.6) is 0 Å².